The maximum absolute atomic E-state index is 13.4. The second-order valence-corrected chi connectivity index (χ2v) is 5.21. The average Bonchev–Trinajstić information content (AvgIpc) is 2.60. The molecule has 26 heavy (non-hydrogen) atoms. The molecule has 0 saturated carbocycles. The van der Waals surface area contributed by atoms with Crippen molar-refractivity contribution >= 4 is 24.0 Å². The van der Waals surface area contributed by atoms with Crippen molar-refractivity contribution in [2.45, 2.75) is 20.3 Å². The lowest BCUT2D eigenvalue weighted by Crippen LogP contribution is -2.28. The number of aromatic nitrogens is 1. The number of carbonyl (C=O) groups is 3. The van der Waals surface area contributed by atoms with Gasteiger partial charge in [-0.15, -0.1) is 0 Å². The van der Waals surface area contributed by atoms with Gasteiger partial charge in [-0.2, -0.15) is 0 Å². The summed E-state index contributed by atoms with van der Waals surface area (Å²) in [4.78, 5) is 36.2. The van der Waals surface area contributed by atoms with Gasteiger partial charge in [-0.1, -0.05) is 12.1 Å². The maximum Gasteiger partial charge on any atom is 0.290 e. The van der Waals surface area contributed by atoms with Crippen molar-refractivity contribution in [3.05, 3.63) is 59.2 Å². The molecular formula is C18H20FN3O4. The van der Waals surface area contributed by atoms with Gasteiger partial charge in [0.15, 0.2) is 0 Å². The first-order valence-corrected chi connectivity index (χ1v) is 7.73. The Labute approximate surface area is 150 Å². The number of rotatable bonds is 5. The van der Waals surface area contributed by atoms with E-state index in [2.05, 4.69) is 15.6 Å². The van der Waals surface area contributed by atoms with E-state index in [0.717, 1.165) is 11.3 Å². The fourth-order valence-electron chi connectivity index (χ4n) is 2.02. The first kappa shape index (κ1) is 20.8. The lowest BCUT2D eigenvalue weighted by Gasteiger charge is -2.10. The van der Waals surface area contributed by atoms with Crippen LogP contribution in [0.2, 0.25) is 0 Å². The van der Waals surface area contributed by atoms with Gasteiger partial charge in [0.05, 0.1) is 5.56 Å². The fourth-order valence-corrected chi connectivity index (χ4v) is 2.02. The normalized spacial score (nSPS) is 9.50. The van der Waals surface area contributed by atoms with Crippen LogP contribution in [-0.4, -0.2) is 34.9 Å². The number of hydrogen-bond acceptors (Lipinski definition) is 4. The molecule has 8 heteroatoms. The fraction of sp³-hybridized carbons (Fsp3) is 0.222. The lowest BCUT2D eigenvalue weighted by atomic mass is 10.2. The van der Waals surface area contributed by atoms with Gasteiger partial charge >= 0.3 is 0 Å². The maximum atomic E-state index is 13.4. The molecule has 138 valence electrons. The molecule has 1 heterocycles. The van der Waals surface area contributed by atoms with E-state index in [1.807, 2.05) is 13.8 Å². The third-order valence-electron chi connectivity index (χ3n) is 3.49. The molecule has 1 aromatic heterocycles. The van der Waals surface area contributed by atoms with Gasteiger partial charge in [-0.3, -0.25) is 19.4 Å². The molecule has 0 spiro atoms. The summed E-state index contributed by atoms with van der Waals surface area (Å²) in [6.07, 6.45) is 1.72. The quantitative estimate of drug-likeness (QED) is 0.708. The van der Waals surface area contributed by atoms with Crippen molar-refractivity contribution in [2.75, 3.05) is 11.9 Å². The SMILES string of the molecule is Cc1nccc(NC(=O)CCNC(=O)c2ccccc2F)c1C.O=CO. The summed E-state index contributed by atoms with van der Waals surface area (Å²) in [6.45, 7) is 3.61. The first-order valence-electron chi connectivity index (χ1n) is 7.73. The Morgan fingerprint density at radius 2 is 1.88 bits per heavy atom. The van der Waals surface area contributed by atoms with Crippen LogP contribution in [-0.2, 0) is 9.59 Å². The Morgan fingerprint density at radius 1 is 1.23 bits per heavy atom. The highest BCUT2D eigenvalue weighted by Crippen LogP contribution is 2.15. The Bertz CT molecular complexity index is 781. The van der Waals surface area contributed by atoms with E-state index in [1.54, 1.807) is 18.3 Å². The van der Waals surface area contributed by atoms with Crippen LogP contribution in [0.3, 0.4) is 0 Å². The van der Waals surface area contributed by atoms with Crippen LogP contribution in [0.4, 0.5) is 10.1 Å². The highest BCUT2D eigenvalue weighted by Gasteiger charge is 2.11. The molecule has 1 aromatic carbocycles. The summed E-state index contributed by atoms with van der Waals surface area (Å²) in [7, 11) is 0. The minimum absolute atomic E-state index is 0.0338. The monoisotopic (exact) mass is 361 g/mol. The minimum Gasteiger partial charge on any atom is -0.483 e. The van der Waals surface area contributed by atoms with E-state index in [9.17, 15) is 14.0 Å². The molecule has 0 unspecified atom stereocenters. The Hall–Kier alpha value is -3.29. The number of benzene rings is 1. The average molecular weight is 361 g/mol. The topological polar surface area (TPSA) is 108 Å². The Kier molecular flexibility index (Phi) is 8.42. The van der Waals surface area contributed by atoms with E-state index in [-0.39, 0.29) is 30.9 Å². The number of pyridine rings is 1. The molecule has 2 amide bonds. The molecule has 0 aliphatic heterocycles. The third-order valence-corrected chi connectivity index (χ3v) is 3.49. The molecule has 0 aliphatic carbocycles. The number of nitrogens with one attached hydrogen (secondary N) is 2. The summed E-state index contributed by atoms with van der Waals surface area (Å²) < 4.78 is 13.4. The number of carboxylic acid groups (broad SMARTS) is 1. The molecule has 0 radical (unpaired) electrons. The molecular weight excluding hydrogens is 341 g/mol. The lowest BCUT2D eigenvalue weighted by molar-refractivity contribution is -0.123. The number of amides is 2. The number of hydrogen-bond donors (Lipinski definition) is 3. The van der Waals surface area contributed by atoms with Crippen molar-refractivity contribution in [1.82, 2.24) is 10.3 Å². The summed E-state index contributed by atoms with van der Waals surface area (Å²) in [5.41, 5.74) is 2.41. The van der Waals surface area contributed by atoms with Crippen molar-refractivity contribution < 1.29 is 23.9 Å². The summed E-state index contributed by atoms with van der Waals surface area (Å²) in [6, 6.07) is 7.43. The van der Waals surface area contributed by atoms with Crippen LogP contribution in [0.15, 0.2) is 36.5 Å². The third kappa shape index (κ3) is 6.31. The second kappa shape index (κ2) is 10.5. The minimum atomic E-state index is -0.586. The predicted octanol–water partition coefficient (Wildman–Crippen LogP) is 2.30. The number of anilines is 1. The predicted molar refractivity (Wildman–Crippen MR) is 94.4 cm³/mol. The highest BCUT2D eigenvalue weighted by atomic mass is 19.1. The summed E-state index contributed by atoms with van der Waals surface area (Å²) >= 11 is 0. The molecule has 0 bridgehead atoms. The first-order chi connectivity index (χ1) is 12.4. The highest BCUT2D eigenvalue weighted by molar-refractivity contribution is 5.95. The molecule has 0 saturated heterocycles. The van der Waals surface area contributed by atoms with E-state index in [1.165, 1.54) is 18.2 Å². The second-order valence-electron chi connectivity index (χ2n) is 5.21. The van der Waals surface area contributed by atoms with Gasteiger partial charge in [-0.05, 0) is 37.6 Å². The molecule has 0 atom stereocenters. The number of carbonyl (C=O) groups excluding carboxylic acids is 2. The summed E-state index contributed by atoms with van der Waals surface area (Å²) in [5.74, 6) is -1.35. The molecule has 0 aliphatic rings. The van der Waals surface area contributed by atoms with Crippen LogP contribution < -0.4 is 10.6 Å². The van der Waals surface area contributed by atoms with Gasteiger partial charge in [0.2, 0.25) is 5.91 Å². The van der Waals surface area contributed by atoms with E-state index >= 15 is 0 Å². The van der Waals surface area contributed by atoms with Gasteiger partial charge < -0.3 is 15.7 Å². The zero-order chi connectivity index (χ0) is 19.5. The van der Waals surface area contributed by atoms with Gasteiger partial charge in [0, 0.05) is 30.5 Å². The van der Waals surface area contributed by atoms with Crippen LogP contribution in [0.1, 0.15) is 28.0 Å². The van der Waals surface area contributed by atoms with Crippen molar-refractivity contribution in [3.8, 4) is 0 Å². The zero-order valence-electron chi connectivity index (χ0n) is 14.5. The largest absolute Gasteiger partial charge is 0.483 e. The zero-order valence-corrected chi connectivity index (χ0v) is 14.5. The molecule has 2 aromatic rings. The number of nitrogens with zero attached hydrogens (tertiary/aromatic N) is 1. The van der Waals surface area contributed by atoms with Crippen LogP contribution in [0.25, 0.3) is 0 Å². The Morgan fingerprint density at radius 3 is 2.54 bits per heavy atom. The molecule has 0 fully saturated rings. The van der Waals surface area contributed by atoms with Crippen molar-refractivity contribution in [1.29, 1.82) is 0 Å². The van der Waals surface area contributed by atoms with Crippen LogP contribution in [0.5, 0.6) is 0 Å². The molecule has 7 nitrogen and oxygen atoms in total. The smallest absolute Gasteiger partial charge is 0.290 e. The Balaban J connectivity index is 0.00000105. The van der Waals surface area contributed by atoms with Crippen LogP contribution >= 0.6 is 0 Å². The summed E-state index contributed by atoms with van der Waals surface area (Å²) in [5, 5.41) is 12.2. The van der Waals surface area contributed by atoms with Gasteiger partial charge in [0.25, 0.3) is 12.4 Å². The van der Waals surface area contributed by atoms with E-state index in [4.69, 9.17) is 9.90 Å². The van der Waals surface area contributed by atoms with Crippen LogP contribution in [0, 0.1) is 19.7 Å². The van der Waals surface area contributed by atoms with E-state index < -0.39 is 11.7 Å². The van der Waals surface area contributed by atoms with Crippen molar-refractivity contribution in [3.63, 3.8) is 0 Å². The van der Waals surface area contributed by atoms with Gasteiger partial charge in [-0.25, -0.2) is 4.39 Å². The van der Waals surface area contributed by atoms with E-state index in [0.29, 0.717) is 5.69 Å². The van der Waals surface area contributed by atoms with Crippen molar-refractivity contribution in [2.24, 2.45) is 0 Å². The molecule has 2 rings (SSSR count). The standard InChI is InChI=1S/C17H18FN3O2.CH2O2/c1-11-12(2)19-9-7-15(11)21-16(22)8-10-20-17(23)13-5-3-4-6-14(13)18;2-1-3/h3-7,9H,8,10H2,1-2H3,(H,20,23)(H,19,21,22);1H,(H,2,3). The molecule has 3 N–H and O–H groups in total. The number of aryl methyl sites for hydroxylation is 1. The number of halogens is 1. The van der Waals surface area contributed by atoms with Gasteiger partial charge in [0.1, 0.15) is 5.82 Å².